The second kappa shape index (κ2) is 12.2. The van der Waals surface area contributed by atoms with Crippen molar-refractivity contribution in [1.82, 2.24) is 15.1 Å². The van der Waals surface area contributed by atoms with Crippen LogP contribution in [0.5, 0.6) is 11.5 Å². The van der Waals surface area contributed by atoms with E-state index >= 15 is 0 Å². The van der Waals surface area contributed by atoms with Crippen LogP contribution >= 0.6 is 24.0 Å². The van der Waals surface area contributed by atoms with Gasteiger partial charge in [-0.15, -0.1) is 24.0 Å². The summed E-state index contributed by atoms with van der Waals surface area (Å²) in [6.07, 6.45) is 2.58. The van der Waals surface area contributed by atoms with E-state index in [9.17, 15) is 0 Å². The monoisotopic (exact) mass is 476 g/mol. The number of benzene rings is 1. The van der Waals surface area contributed by atoms with E-state index in [4.69, 9.17) is 9.47 Å². The van der Waals surface area contributed by atoms with E-state index in [-0.39, 0.29) is 24.0 Å². The van der Waals surface area contributed by atoms with Gasteiger partial charge in [-0.25, -0.2) is 0 Å². The van der Waals surface area contributed by atoms with Crippen molar-refractivity contribution in [1.29, 1.82) is 0 Å². The number of likely N-dealkylation sites (N-methyl/N-ethyl adjacent to an activating group) is 1. The Bertz CT molecular complexity index is 539. The zero-order chi connectivity index (χ0) is 18.1. The van der Waals surface area contributed by atoms with Gasteiger partial charge < -0.3 is 24.6 Å². The zero-order valence-electron chi connectivity index (χ0n) is 16.4. The first-order chi connectivity index (χ1) is 12.1. The topological polar surface area (TPSA) is 49.3 Å². The highest BCUT2D eigenvalue weighted by atomic mass is 127. The Hall–Kier alpha value is -1.22. The molecule has 0 aromatic heterocycles. The summed E-state index contributed by atoms with van der Waals surface area (Å²) in [6, 6.07) is 7.65. The van der Waals surface area contributed by atoms with Crippen molar-refractivity contribution in [3.05, 3.63) is 24.3 Å². The highest BCUT2D eigenvalue weighted by Gasteiger charge is 2.17. The molecule has 0 aliphatic carbocycles. The molecule has 0 spiro atoms. The largest absolute Gasteiger partial charge is 0.497 e. The zero-order valence-corrected chi connectivity index (χ0v) is 18.7. The second-order valence-electron chi connectivity index (χ2n) is 6.64. The van der Waals surface area contributed by atoms with Crippen LogP contribution in [0.2, 0.25) is 0 Å². The number of nitrogens with one attached hydrogen (secondary N) is 1. The first-order valence-electron chi connectivity index (χ1n) is 8.99. The summed E-state index contributed by atoms with van der Waals surface area (Å²) < 4.78 is 10.9. The maximum atomic E-state index is 5.79. The van der Waals surface area contributed by atoms with Gasteiger partial charge in [0.25, 0.3) is 0 Å². The molecular formula is C19H33IN4O2. The molecule has 1 heterocycles. The van der Waals surface area contributed by atoms with Crippen molar-refractivity contribution in [3.8, 4) is 11.5 Å². The molecule has 1 N–H and O–H groups in total. The molecule has 1 atom stereocenters. The third-order valence-corrected chi connectivity index (χ3v) is 4.60. The highest BCUT2D eigenvalue weighted by molar-refractivity contribution is 14.0. The van der Waals surface area contributed by atoms with Gasteiger partial charge in [-0.3, -0.25) is 4.99 Å². The molecule has 148 valence electrons. The third kappa shape index (κ3) is 7.57. The second-order valence-corrected chi connectivity index (χ2v) is 6.64. The molecule has 1 fully saturated rings. The van der Waals surface area contributed by atoms with Crippen LogP contribution in [0.1, 0.15) is 12.8 Å². The van der Waals surface area contributed by atoms with E-state index in [0.717, 1.165) is 37.1 Å². The van der Waals surface area contributed by atoms with Gasteiger partial charge in [-0.05, 0) is 56.6 Å². The van der Waals surface area contributed by atoms with Crippen molar-refractivity contribution in [3.63, 3.8) is 0 Å². The van der Waals surface area contributed by atoms with Gasteiger partial charge in [-0.1, -0.05) is 0 Å². The summed E-state index contributed by atoms with van der Waals surface area (Å²) in [5, 5.41) is 3.50. The molecular weight excluding hydrogens is 443 g/mol. The average Bonchev–Trinajstić information content (AvgIpc) is 2.63. The molecule has 1 aromatic carbocycles. The number of halogens is 1. The summed E-state index contributed by atoms with van der Waals surface area (Å²) >= 11 is 0. The van der Waals surface area contributed by atoms with Gasteiger partial charge in [-0.2, -0.15) is 0 Å². The number of ether oxygens (including phenoxy) is 2. The molecule has 0 saturated carbocycles. The van der Waals surface area contributed by atoms with Gasteiger partial charge in [0, 0.05) is 27.2 Å². The molecule has 7 heteroatoms. The fourth-order valence-electron chi connectivity index (χ4n) is 3.14. The van der Waals surface area contributed by atoms with E-state index in [1.807, 2.05) is 38.4 Å². The Labute approximate surface area is 175 Å². The summed E-state index contributed by atoms with van der Waals surface area (Å²) in [4.78, 5) is 8.90. The summed E-state index contributed by atoms with van der Waals surface area (Å²) in [5.41, 5.74) is 0. The molecule has 0 bridgehead atoms. The van der Waals surface area contributed by atoms with Crippen LogP contribution in [0.25, 0.3) is 0 Å². The molecule has 1 aliphatic heterocycles. The minimum atomic E-state index is 0. The minimum Gasteiger partial charge on any atom is -0.497 e. The standard InChI is InChI=1S/C19H32N4O2.HI/c1-20-19(21-14-16-6-5-11-22(2)15-16)23(3)12-13-25-18-9-7-17(24-4)8-10-18;/h7-10,16H,5-6,11-15H2,1-4H3,(H,20,21);1H. The molecule has 0 radical (unpaired) electrons. The lowest BCUT2D eigenvalue weighted by molar-refractivity contribution is 0.209. The number of likely N-dealkylation sites (tertiary alicyclic amines) is 1. The highest BCUT2D eigenvalue weighted by Crippen LogP contribution is 2.17. The van der Waals surface area contributed by atoms with E-state index in [1.165, 1.54) is 19.4 Å². The first-order valence-corrected chi connectivity index (χ1v) is 8.99. The molecule has 1 unspecified atom stereocenters. The lowest BCUT2D eigenvalue weighted by atomic mass is 9.99. The number of piperidine rings is 1. The number of aliphatic imine (C=N–C) groups is 1. The lowest BCUT2D eigenvalue weighted by Crippen LogP contribution is -2.45. The number of rotatable bonds is 7. The van der Waals surface area contributed by atoms with Crippen molar-refractivity contribution in [2.24, 2.45) is 10.9 Å². The van der Waals surface area contributed by atoms with Crippen LogP contribution < -0.4 is 14.8 Å². The average molecular weight is 476 g/mol. The molecule has 26 heavy (non-hydrogen) atoms. The van der Waals surface area contributed by atoms with E-state index in [0.29, 0.717) is 12.5 Å². The molecule has 6 nitrogen and oxygen atoms in total. The smallest absolute Gasteiger partial charge is 0.193 e. The molecule has 1 aliphatic rings. The Morgan fingerprint density at radius 3 is 2.62 bits per heavy atom. The van der Waals surface area contributed by atoms with Gasteiger partial charge in [0.15, 0.2) is 5.96 Å². The number of hydrogen-bond donors (Lipinski definition) is 1. The van der Waals surface area contributed by atoms with Crippen LogP contribution in [-0.2, 0) is 0 Å². The molecule has 2 rings (SSSR count). The van der Waals surface area contributed by atoms with Crippen LogP contribution in [0.4, 0.5) is 0 Å². The maximum Gasteiger partial charge on any atom is 0.193 e. The summed E-state index contributed by atoms with van der Waals surface area (Å²) in [5.74, 6) is 3.30. The van der Waals surface area contributed by atoms with Gasteiger partial charge >= 0.3 is 0 Å². The van der Waals surface area contributed by atoms with Crippen LogP contribution in [0.15, 0.2) is 29.3 Å². The molecule has 0 amide bonds. The third-order valence-electron chi connectivity index (χ3n) is 4.60. The molecule has 1 aromatic rings. The Morgan fingerprint density at radius 1 is 1.31 bits per heavy atom. The number of nitrogens with zero attached hydrogens (tertiary/aromatic N) is 3. The predicted octanol–water partition coefficient (Wildman–Crippen LogP) is 2.54. The lowest BCUT2D eigenvalue weighted by Gasteiger charge is -2.31. The number of methoxy groups -OCH3 is 1. The Kier molecular flexibility index (Phi) is 10.7. The minimum absolute atomic E-state index is 0. The van der Waals surface area contributed by atoms with Crippen molar-refractivity contribution in [2.75, 3.05) is 61.0 Å². The quantitative estimate of drug-likeness (QED) is 0.373. The molecule has 1 saturated heterocycles. The maximum absolute atomic E-state index is 5.79. The van der Waals surface area contributed by atoms with Gasteiger partial charge in [0.1, 0.15) is 18.1 Å². The normalized spacial score (nSPS) is 18.0. The van der Waals surface area contributed by atoms with E-state index < -0.39 is 0 Å². The summed E-state index contributed by atoms with van der Waals surface area (Å²) in [7, 11) is 7.73. The van der Waals surface area contributed by atoms with Crippen LogP contribution in [0, 0.1) is 5.92 Å². The van der Waals surface area contributed by atoms with E-state index in [2.05, 4.69) is 27.2 Å². The predicted molar refractivity (Wildman–Crippen MR) is 118 cm³/mol. The fraction of sp³-hybridized carbons (Fsp3) is 0.632. The fourth-order valence-corrected chi connectivity index (χ4v) is 3.14. The van der Waals surface area contributed by atoms with Crippen LogP contribution in [-0.4, -0.2) is 76.8 Å². The van der Waals surface area contributed by atoms with Crippen molar-refractivity contribution in [2.45, 2.75) is 12.8 Å². The van der Waals surface area contributed by atoms with Crippen molar-refractivity contribution < 1.29 is 9.47 Å². The first kappa shape index (κ1) is 22.8. The number of guanidine groups is 1. The van der Waals surface area contributed by atoms with Crippen LogP contribution in [0.3, 0.4) is 0 Å². The Morgan fingerprint density at radius 2 is 2.00 bits per heavy atom. The van der Waals surface area contributed by atoms with E-state index in [1.54, 1.807) is 7.11 Å². The summed E-state index contributed by atoms with van der Waals surface area (Å²) in [6.45, 7) is 4.73. The Balaban J connectivity index is 0.00000338. The van der Waals surface area contributed by atoms with Gasteiger partial charge in [0.2, 0.25) is 0 Å². The SMILES string of the molecule is CN=C(NCC1CCCN(C)C1)N(C)CCOc1ccc(OC)cc1.I. The number of hydrogen-bond acceptors (Lipinski definition) is 4. The van der Waals surface area contributed by atoms with Crippen molar-refractivity contribution >= 4 is 29.9 Å². The van der Waals surface area contributed by atoms with Gasteiger partial charge in [0.05, 0.1) is 13.7 Å².